The van der Waals surface area contributed by atoms with Crippen molar-refractivity contribution < 1.29 is 4.74 Å². The number of rotatable bonds is 6. The third-order valence-electron chi connectivity index (χ3n) is 4.89. The topological polar surface area (TPSA) is 28.6 Å². The third-order valence-corrected chi connectivity index (χ3v) is 4.89. The van der Waals surface area contributed by atoms with E-state index in [1.807, 2.05) is 12.3 Å². The molecule has 0 aliphatic carbocycles. The van der Waals surface area contributed by atoms with Gasteiger partial charge in [0.25, 0.3) is 0 Å². The number of ether oxygens (including phenoxy) is 1. The number of piperidine rings is 1. The molecule has 1 atom stereocenters. The van der Waals surface area contributed by atoms with Crippen molar-refractivity contribution in [3.8, 4) is 5.75 Å². The molecule has 1 fully saturated rings. The quantitative estimate of drug-likeness (QED) is 0.806. The first-order valence-corrected chi connectivity index (χ1v) is 8.06. The van der Waals surface area contributed by atoms with Gasteiger partial charge in [0.1, 0.15) is 5.75 Å². The Kier molecular flexibility index (Phi) is 6.00. The molecule has 4 nitrogen and oxygen atoms in total. The average molecular weight is 291 g/mol. The summed E-state index contributed by atoms with van der Waals surface area (Å²) in [5, 5.41) is 0. The van der Waals surface area contributed by atoms with E-state index < -0.39 is 0 Å². The minimum Gasteiger partial charge on any atom is -0.496 e. The zero-order valence-electron chi connectivity index (χ0n) is 13.9. The van der Waals surface area contributed by atoms with E-state index in [0.29, 0.717) is 6.04 Å². The molecule has 21 heavy (non-hydrogen) atoms. The number of hydrogen-bond donors (Lipinski definition) is 0. The van der Waals surface area contributed by atoms with Gasteiger partial charge in [-0.15, -0.1) is 0 Å². The molecule has 2 heterocycles. The minimum absolute atomic E-state index is 0.681. The zero-order chi connectivity index (χ0) is 15.2. The Labute approximate surface area is 129 Å². The highest BCUT2D eigenvalue weighted by Gasteiger charge is 2.24. The van der Waals surface area contributed by atoms with Crippen LogP contribution in [0.5, 0.6) is 5.75 Å². The summed E-state index contributed by atoms with van der Waals surface area (Å²) in [6.45, 7) is 7.85. The molecule has 1 saturated heterocycles. The average Bonchev–Trinajstić information content (AvgIpc) is 2.54. The van der Waals surface area contributed by atoms with Crippen molar-refractivity contribution in [1.29, 1.82) is 0 Å². The summed E-state index contributed by atoms with van der Waals surface area (Å²) < 4.78 is 5.42. The highest BCUT2D eigenvalue weighted by molar-refractivity contribution is 5.29. The molecule has 2 rings (SSSR count). The maximum absolute atomic E-state index is 5.42. The number of aromatic nitrogens is 1. The second kappa shape index (κ2) is 7.76. The molecule has 0 amide bonds. The van der Waals surface area contributed by atoms with E-state index in [4.69, 9.17) is 4.74 Å². The number of pyridine rings is 1. The van der Waals surface area contributed by atoms with Gasteiger partial charge in [0.05, 0.1) is 7.11 Å². The first-order chi connectivity index (χ1) is 10.2. The Morgan fingerprint density at radius 2 is 2.14 bits per heavy atom. The summed E-state index contributed by atoms with van der Waals surface area (Å²) in [6, 6.07) is 3.35. The lowest BCUT2D eigenvalue weighted by Gasteiger charge is -2.39. The molecule has 1 aliphatic heterocycles. The van der Waals surface area contributed by atoms with Crippen LogP contribution in [0, 0.1) is 0 Å². The molecule has 1 aliphatic rings. The van der Waals surface area contributed by atoms with Crippen molar-refractivity contribution in [2.24, 2.45) is 0 Å². The van der Waals surface area contributed by atoms with E-state index in [1.165, 1.54) is 24.8 Å². The first-order valence-electron chi connectivity index (χ1n) is 8.06. The Morgan fingerprint density at radius 1 is 1.43 bits per heavy atom. The molecule has 0 saturated carbocycles. The molecule has 118 valence electrons. The van der Waals surface area contributed by atoms with Gasteiger partial charge in [-0.3, -0.25) is 9.88 Å². The maximum Gasteiger partial charge on any atom is 0.126 e. The summed E-state index contributed by atoms with van der Waals surface area (Å²) in [5.74, 6) is 0.948. The van der Waals surface area contributed by atoms with Crippen molar-refractivity contribution in [3.63, 3.8) is 0 Å². The maximum atomic E-state index is 5.42. The van der Waals surface area contributed by atoms with E-state index in [2.05, 4.69) is 35.7 Å². The molecule has 1 aromatic rings. The van der Waals surface area contributed by atoms with E-state index in [1.54, 1.807) is 13.3 Å². The fraction of sp³-hybridized carbons (Fsp3) is 0.706. The van der Waals surface area contributed by atoms with Crippen LogP contribution in [0.15, 0.2) is 18.5 Å². The van der Waals surface area contributed by atoms with Crippen molar-refractivity contribution in [1.82, 2.24) is 14.8 Å². The highest BCUT2D eigenvalue weighted by Crippen LogP contribution is 2.23. The molecule has 0 radical (unpaired) electrons. The third kappa shape index (κ3) is 4.17. The van der Waals surface area contributed by atoms with Crippen LogP contribution in [-0.2, 0) is 6.54 Å². The van der Waals surface area contributed by atoms with Crippen LogP contribution in [0.1, 0.15) is 38.7 Å². The summed E-state index contributed by atoms with van der Waals surface area (Å²) in [7, 11) is 4.00. The highest BCUT2D eigenvalue weighted by atomic mass is 16.5. The van der Waals surface area contributed by atoms with Gasteiger partial charge < -0.3 is 9.64 Å². The number of nitrogens with zero attached hydrogens (tertiary/aromatic N) is 3. The molecular weight excluding hydrogens is 262 g/mol. The molecule has 1 unspecified atom stereocenters. The van der Waals surface area contributed by atoms with E-state index in [9.17, 15) is 0 Å². The van der Waals surface area contributed by atoms with Gasteiger partial charge in [-0.25, -0.2) is 0 Å². The standard InChI is InChI=1S/C17H29N3O/c1-5-14(2)19(3)16-7-10-20(11-8-16)13-15-12-18-9-6-17(15)21-4/h6,9,12,14,16H,5,7-8,10-11,13H2,1-4H3. The van der Waals surface area contributed by atoms with Gasteiger partial charge in [-0.05, 0) is 52.4 Å². The van der Waals surface area contributed by atoms with Gasteiger partial charge in [0.15, 0.2) is 0 Å². The molecule has 0 spiro atoms. The van der Waals surface area contributed by atoms with Crippen molar-refractivity contribution in [3.05, 3.63) is 24.0 Å². The van der Waals surface area contributed by atoms with Crippen LogP contribution in [-0.4, -0.2) is 54.1 Å². The number of hydrogen-bond acceptors (Lipinski definition) is 4. The van der Waals surface area contributed by atoms with Crippen molar-refractivity contribution in [2.75, 3.05) is 27.2 Å². The number of methoxy groups -OCH3 is 1. The summed E-state index contributed by atoms with van der Waals surface area (Å²) in [6.07, 6.45) is 7.45. The van der Waals surface area contributed by atoms with Crippen LogP contribution in [0.25, 0.3) is 0 Å². The number of likely N-dealkylation sites (tertiary alicyclic amines) is 1. The minimum atomic E-state index is 0.681. The van der Waals surface area contributed by atoms with Gasteiger partial charge in [0, 0.05) is 36.6 Å². The summed E-state index contributed by atoms with van der Waals surface area (Å²) in [5.41, 5.74) is 1.19. The molecule has 4 heteroatoms. The van der Waals surface area contributed by atoms with Gasteiger partial charge in [0.2, 0.25) is 0 Å². The predicted octanol–water partition coefficient (Wildman–Crippen LogP) is 2.78. The SMILES string of the molecule is CCC(C)N(C)C1CCN(Cc2cnccc2OC)CC1. The van der Waals surface area contributed by atoms with Gasteiger partial charge in [-0.1, -0.05) is 6.92 Å². The van der Waals surface area contributed by atoms with Crippen LogP contribution >= 0.6 is 0 Å². The molecule has 0 N–H and O–H groups in total. The fourth-order valence-electron chi connectivity index (χ4n) is 3.11. The zero-order valence-corrected chi connectivity index (χ0v) is 13.9. The van der Waals surface area contributed by atoms with Crippen LogP contribution in [0.3, 0.4) is 0 Å². The van der Waals surface area contributed by atoms with Crippen LogP contribution in [0.4, 0.5) is 0 Å². The van der Waals surface area contributed by atoms with Gasteiger partial charge in [-0.2, -0.15) is 0 Å². The summed E-state index contributed by atoms with van der Waals surface area (Å²) >= 11 is 0. The Bertz CT molecular complexity index is 430. The van der Waals surface area contributed by atoms with E-state index >= 15 is 0 Å². The second-order valence-corrected chi connectivity index (χ2v) is 6.12. The second-order valence-electron chi connectivity index (χ2n) is 6.12. The van der Waals surface area contributed by atoms with E-state index in [0.717, 1.165) is 31.4 Å². The molecule has 0 aromatic carbocycles. The lowest BCUT2D eigenvalue weighted by Crippen LogP contribution is -2.46. The first kappa shape index (κ1) is 16.2. The van der Waals surface area contributed by atoms with Gasteiger partial charge >= 0.3 is 0 Å². The smallest absolute Gasteiger partial charge is 0.126 e. The van der Waals surface area contributed by atoms with Crippen molar-refractivity contribution in [2.45, 2.75) is 51.7 Å². The lowest BCUT2D eigenvalue weighted by molar-refractivity contribution is 0.0965. The van der Waals surface area contributed by atoms with Crippen LogP contribution < -0.4 is 4.74 Å². The van der Waals surface area contributed by atoms with Crippen LogP contribution in [0.2, 0.25) is 0 Å². The monoisotopic (exact) mass is 291 g/mol. The molecule has 0 bridgehead atoms. The molecule has 1 aromatic heterocycles. The predicted molar refractivity (Wildman–Crippen MR) is 86.6 cm³/mol. The Hall–Kier alpha value is -1.13. The Morgan fingerprint density at radius 3 is 2.76 bits per heavy atom. The van der Waals surface area contributed by atoms with Crippen molar-refractivity contribution >= 4 is 0 Å². The normalized spacial score (nSPS) is 18.9. The molecular formula is C17H29N3O. The summed E-state index contributed by atoms with van der Waals surface area (Å²) in [4.78, 5) is 9.29. The fourth-order valence-corrected chi connectivity index (χ4v) is 3.11. The van der Waals surface area contributed by atoms with E-state index in [-0.39, 0.29) is 0 Å². The Balaban J connectivity index is 1.87. The lowest BCUT2D eigenvalue weighted by atomic mass is 10.0. The largest absolute Gasteiger partial charge is 0.496 e.